The average Bonchev–Trinajstić information content (AvgIpc) is 2.85. The van der Waals surface area contributed by atoms with Crippen molar-refractivity contribution < 1.29 is 31.9 Å². The van der Waals surface area contributed by atoms with Gasteiger partial charge in [0, 0.05) is 6.92 Å². The molecule has 0 fully saturated rings. The van der Waals surface area contributed by atoms with Gasteiger partial charge in [-0.25, -0.2) is 4.79 Å². The molecule has 0 saturated heterocycles. The first-order chi connectivity index (χ1) is 9.73. The molecule has 1 rings (SSSR count). The van der Waals surface area contributed by atoms with Crippen LogP contribution in [0.4, 0.5) is 13.2 Å². The highest BCUT2D eigenvalue weighted by molar-refractivity contribution is 5.87. The maximum atomic E-state index is 13.3. The molecule has 1 atom stereocenters. The van der Waals surface area contributed by atoms with Crippen LogP contribution in [0.1, 0.15) is 19.6 Å². The molecular formula is C12H15F3N2O4. The van der Waals surface area contributed by atoms with Crippen LogP contribution in [0.2, 0.25) is 0 Å². The zero-order chi connectivity index (χ0) is 16.1. The fourth-order valence-corrected chi connectivity index (χ4v) is 1.59. The van der Waals surface area contributed by atoms with E-state index in [0.717, 1.165) is 6.92 Å². The van der Waals surface area contributed by atoms with E-state index in [1.807, 2.05) is 5.32 Å². The fourth-order valence-electron chi connectivity index (χ4n) is 1.59. The van der Waals surface area contributed by atoms with Gasteiger partial charge in [0.1, 0.15) is 5.76 Å². The zero-order valence-electron chi connectivity index (χ0n) is 11.4. The molecule has 0 unspecified atom stereocenters. The SMILES string of the molecule is CCOC(=O)[C@@](NCc1ccco1)(NC(C)=O)C(F)(F)F. The first kappa shape index (κ1) is 17.0. The third-order valence-corrected chi connectivity index (χ3v) is 2.48. The summed E-state index contributed by atoms with van der Waals surface area (Å²) in [6.45, 7) is 1.54. The summed E-state index contributed by atoms with van der Waals surface area (Å²) in [4.78, 5) is 22.9. The first-order valence-corrected chi connectivity index (χ1v) is 6.03. The number of nitrogens with one attached hydrogen (secondary N) is 2. The summed E-state index contributed by atoms with van der Waals surface area (Å²) >= 11 is 0. The second-order valence-corrected chi connectivity index (χ2v) is 4.08. The van der Waals surface area contributed by atoms with Crippen molar-refractivity contribution in [1.82, 2.24) is 10.6 Å². The molecule has 2 N–H and O–H groups in total. The number of rotatable bonds is 6. The van der Waals surface area contributed by atoms with E-state index in [9.17, 15) is 22.8 Å². The lowest BCUT2D eigenvalue weighted by molar-refractivity contribution is -0.222. The van der Waals surface area contributed by atoms with Crippen molar-refractivity contribution in [3.8, 4) is 0 Å². The molecule has 0 aliphatic heterocycles. The normalized spacial score (nSPS) is 14.3. The Morgan fingerprint density at radius 1 is 1.38 bits per heavy atom. The van der Waals surface area contributed by atoms with E-state index < -0.39 is 30.3 Å². The van der Waals surface area contributed by atoms with E-state index in [1.54, 1.807) is 5.32 Å². The molecule has 21 heavy (non-hydrogen) atoms. The minimum Gasteiger partial charge on any atom is -0.468 e. The Balaban J connectivity index is 3.09. The molecule has 1 aromatic heterocycles. The summed E-state index contributed by atoms with van der Waals surface area (Å²) in [5, 5.41) is 3.56. The van der Waals surface area contributed by atoms with Crippen molar-refractivity contribution in [2.24, 2.45) is 0 Å². The molecule has 0 aliphatic carbocycles. The minimum absolute atomic E-state index is 0.165. The number of carbonyl (C=O) groups excluding carboxylic acids is 2. The molecule has 1 amide bonds. The van der Waals surface area contributed by atoms with Crippen molar-refractivity contribution in [2.75, 3.05) is 6.61 Å². The first-order valence-electron chi connectivity index (χ1n) is 6.03. The Labute approximate surface area is 118 Å². The molecule has 0 spiro atoms. The van der Waals surface area contributed by atoms with Gasteiger partial charge in [0.05, 0.1) is 19.4 Å². The van der Waals surface area contributed by atoms with Crippen LogP contribution in [0.5, 0.6) is 0 Å². The molecule has 0 saturated carbocycles. The number of esters is 1. The second kappa shape index (κ2) is 6.61. The van der Waals surface area contributed by atoms with Gasteiger partial charge in [-0.3, -0.25) is 10.1 Å². The van der Waals surface area contributed by atoms with Gasteiger partial charge >= 0.3 is 12.1 Å². The number of carbonyl (C=O) groups is 2. The van der Waals surface area contributed by atoms with Crippen LogP contribution < -0.4 is 10.6 Å². The molecule has 0 aromatic carbocycles. The van der Waals surface area contributed by atoms with Crippen molar-refractivity contribution in [3.05, 3.63) is 24.2 Å². The van der Waals surface area contributed by atoms with Crippen molar-refractivity contribution in [1.29, 1.82) is 0 Å². The smallest absolute Gasteiger partial charge is 0.436 e. The predicted octanol–water partition coefficient (Wildman–Crippen LogP) is 1.33. The monoisotopic (exact) mass is 308 g/mol. The number of ether oxygens (including phenoxy) is 1. The number of alkyl halides is 3. The summed E-state index contributed by atoms with van der Waals surface area (Å²) in [7, 11) is 0. The van der Waals surface area contributed by atoms with E-state index in [0.29, 0.717) is 0 Å². The third-order valence-electron chi connectivity index (χ3n) is 2.48. The van der Waals surface area contributed by atoms with E-state index in [4.69, 9.17) is 4.42 Å². The van der Waals surface area contributed by atoms with E-state index in [-0.39, 0.29) is 12.4 Å². The van der Waals surface area contributed by atoms with Gasteiger partial charge in [0.25, 0.3) is 5.66 Å². The molecule has 1 heterocycles. The molecule has 118 valence electrons. The highest BCUT2D eigenvalue weighted by atomic mass is 19.4. The van der Waals surface area contributed by atoms with Gasteiger partial charge in [-0.2, -0.15) is 13.2 Å². The van der Waals surface area contributed by atoms with Gasteiger partial charge in [-0.15, -0.1) is 0 Å². The number of hydrogen-bond acceptors (Lipinski definition) is 5. The van der Waals surface area contributed by atoms with Gasteiger partial charge in [-0.05, 0) is 19.1 Å². The Hall–Kier alpha value is -2.03. The van der Waals surface area contributed by atoms with E-state index in [1.165, 1.54) is 25.3 Å². The molecule has 6 nitrogen and oxygen atoms in total. The fraction of sp³-hybridized carbons (Fsp3) is 0.500. The summed E-state index contributed by atoms with van der Waals surface area (Å²) < 4.78 is 49.3. The standard InChI is InChI=1S/C12H15F3N2O4/c1-3-20-10(19)11(12(13,14)15,17-8(2)18)16-7-9-5-4-6-21-9/h4-6,16H,3,7H2,1-2H3,(H,17,18)/t11-/m1/s1. The lowest BCUT2D eigenvalue weighted by atomic mass is 10.1. The van der Waals surface area contributed by atoms with Crippen LogP contribution >= 0.6 is 0 Å². The number of hydrogen-bond donors (Lipinski definition) is 2. The highest BCUT2D eigenvalue weighted by Gasteiger charge is 2.62. The van der Waals surface area contributed by atoms with Gasteiger partial charge in [0.15, 0.2) is 0 Å². The molecule has 9 heteroatoms. The summed E-state index contributed by atoms with van der Waals surface area (Å²) in [6.07, 6.45) is -3.83. The van der Waals surface area contributed by atoms with Crippen LogP contribution in [0.25, 0.3) is 0 Å². The van der Waals surface area contributed by atoms with Gasteiger partial charge < -0.3 is 14.5 Å². The molecule has 0 radical (unpaired) electrons. The molecule has 1 aromatic rings. The van der Waals surface area contributed by atoms with Gasteiger partial charge in [-0.1, -0.05) is 0 Å². The lowest BCUT2D eigenvalue weighted by Crippen LogP contribution is -2.72. The predicted molar refractivity (Wildman–Crippen MR) is 64.8 cm³/mol. The van der Waals surface area contributed by atoms with E-state index in [2.05, 4.69) is 4.74 Å². The van der Waals surface area contributed by atoms with Gasteiger partial charge in [0.2, 0.25) is 5.91 Å². The van der Waals surface area contributed by atoms with E-state index >= 15 is 0 Å². The van der Waals surface area contributed by atoms with Crippen molar-refractivity contribution in [2.45, 2.75) is 32.2 Å². The average molecular weight is 308 g/mol. The van der Waals surface area contributed by atoms with Crippen LogP contribution in [0.3, 0.4) is 0 Å². The Morgan fingerprint density at radius 3 is 2.48 bits per heavy atom. The minimum atomic E-state index is -5.10. The third kappa shape index (κ3) is 3.97. The van der Waals surface area contributed by atoms with Crippen LogP contribution in [0.15, 0.2) is 22.8 Å². The van der Waals surface area contributed by atoms with Crippen molar-refractivity contribution >= 4 is 11.9 Å². The van der Waals surface area contributed by atoms with Crippen LogP contribution in [-0.2, 0) is 20.9 Å². The zero-order valence-corrected chi connectivity index (χ0v) is 11.4. The summed E-state index contributed by atoms with van der Waals surface area (Å²) in [5.41, 5.74) is -3.33. The maximum Gasteiger partial charge on any atom is 0.436 e. The largest absolute Gasteiger partial charge is 0.468 e. The topological polar surface area (TPSA) is 80.6 Å². The molecule has 0 aliphatic rings. The summed E-state index contributed by atoms with van der Waals surface area (Å²) in [5.74, 6) is -2.51. The van der Waals surface area contributed by atoms with Crippen LogP contribution in [-0.4, -0.2) is 30.3 Å². The molecular weight excluding hydrogens is 293 g/mol. The maximum absolute atomic E-state index is 13.3. The van der Waals surface area contributed by atoms with Crippen molar-refractivity contribution in [3.63, 3.8) is 0 Å². The second-order valence-electron chi connectivity index (χ2n) is 4.08. The number of furan rings is 1. The number of amides is 1. The Kier molecular flexibility index (Phi) is 5.36. The number of halogens is 3. The van der Waals surface area contributed by atoms with Crippen LogP contribution in [0, 0.1) is 0 Å². The lowest BCUT2D eigenvalue weighted by Gasteiger charge is -2.34. The Morgan fingerprint density at radius 2 is 2.05 bits per heavy atom. The quantitative estimate of drug-likeness (QED) is 0.612. The summed E-state index contributed by atoms with van der Waals surface area (Å²) in [6, 6.07) is 2.90. The molecule has 0 bridgehead atoms. The Bertz CT molecular complexity index is 487. The highest BCUT2D eigenvalue weighted by Crippen LogP contribution is 2.30.